The average Bonchev–Trinajstić information content (AvgIpc) is 2.79. The largest absolute Gasteiger partial charge is 0.375 e. The van der Waals surface area contributed by atoms with E-state index in [4.69, 9.17) is 10.5 Å². The molecule has 2 fully saturated rings. The highest BCUT2D eigenvalue weighted by Gasteiger charge is 2.39. The van der Waals surface area contributed by atoms with Crippen LogP contribution in [0.25, 0.3) is 0 Å². The predicted octanol–water partition coefficient (Wildman–Crippen LogP) is 2.00. The summed E-state index contributed by atoms with van der Waals surface area (Å²) < 4.78 is 5.88. The van der Waals surface area contributed by atoms with E-state index >= 15 is 0 Å². The summed E-state index contributed by atoms with van der Waals surface area (Å²) in [5.41, 5.74) is 6.04. The van der Waals surface area contributed by atoms with Crippen molar-refractivity contribution in [3.63, 3.8) is 0 Å². The van der Waals surface area contributed by atoms with Gasteiger partial charge >= 0.3 is 0 Å². The number of morpholine rings is 1. The van der Waals surface area contributed by atoms with Crippen LogP contribution in [-0.4, -0.2) is 42.8 Å². The van der Waals surface area contributed by atoms with Crippen LogP contribution >= 0.6 is 0 Å². The Morgan fingerprint density at radius 2 is 2.24 bits per heavy atom. The van der Waals surface area contributed by atoms with Crippen LogP contribution in [0.3, 0.4) is 0 Å². The second kappa shape index (κ2) is 6.17. The van der Waals surface area contributed by atoms with Crippen molar-refractivity contribution in [2.24, 2.45) is 11.7 Å². The first kappa shape index (κ1) is 13.3. The lowest BCUT2D eigenvalue weighted by Gasteiger charge is -2.44. The maximum absolute atomic E-state index is 6.04. The molecule has 3 nitrogen and oxygen atoms in total. The molecule has 1 heterocycles. The lowest BCUT2D eigenvalue weighted by atomic mass is 9.93. The van der Waals surface area contributed by atoms with Gasteiger partial charge in [-0.1, -0.05) is 20.3 Å². The van der Waals surface area contributed by atoms with Gasteiger partial charge in [-0.05, 0) is 31.6 Å². The fourth-order valence-corrected chi connectivity index (χ4v) is 3.71. The topological polar surface area (TPSA) is 38.5 Å². The molecule has 4 atom stereocenters. The highest BCUT2D eigenvalue weighted by atomic mass is 16.5. The van der Waals surface area contributed by atoms with Gasteiger partial charge in [-0.15, -0.1) is 0 Å². The van der Waals surface area contributed by atoms with Crippen LogP contribution in [0, 0.1) is 5.92 Å². The number of ether oxygens (including phenoxy) is 1. The van der Waals surface area contributed by atoms with Crippen LogP contribution in [0.1, 0.15) is 46.0 Å². The van der Waals surface area contributed by atoms with E-state index in [1.54, 1.807) is 0 Å². The van der Waals surface area contributed by atoms with Gasteiger partial charge in [-0.25, -0.2) is 0 Å². The number of fused-ring (bicyclic) bond motifs is 1. The van der Waals surface area contributed by atoms with Crippen molar-refractivity contribution in [2.45, 2.75) is 64.1 Å². The molecule has 0 amide bonds. The number of hydrogen-bond donors (Lipinski definition) is 1. The maximum Gasteiger partial charge on any atom is 0.0731 e. The van der Waals surface area contributed by atoms with Gasteiger partial charge in [-0.3, -0.25) is 4.90 Å². The molecule has 4 unspecified atom stereocenters. The van der Waals surface area contributed by atoms with E-state index in [0.717, 1.165) is 19.7 Å². The molecule has 17 heavy (non-hydrogen) atoms. The van der Waals surface area contributed by atoms with Crippen molar-refractivity contribution < 1.29 is 4.74 Å². The van der Waals surface area contributed by atoms with Crippen molar-refractivity contribution in [3.8, 4) is 0 Å². The Morgan fingerprint density at radius 1 is 1.41 bits per heavy atom. The van der Waals surface area contributed by atoms with Crippen molar-refractivity contribution >= 4 is 0 Å². The molecule has 1 saturated heterocycles. The summed E-state index contributed by atoms with van der Waals surface area (Å²) in [4.78, 5) is 2.67. The SMILES string of the molecule is CCCC(C)C(CN)N1CCOC2CCCC21. The van der Waals surface area contributed by atoms with E-state index in [-0.39, 0.29) is 0 Å². The van der Waals surface area contributed by atoms with Crippen molar-refractivity contribution in [1.82, 2.24) is 4.90 Å². The number of rotatable bonds is 5. The third kappa shape index (κ3) is 2.83. The smallest absolute Gasteiger partial charge is 0.0731 e. The fourth-order valence-electron chi connectivity index (χ4n) is 3.71. The molecule has 1 aliphatic heterocycles. The van der Waals surface area contributed by atoms with Gasteiger partial charge in [0.05, 0.1) is 12.7 Å². The standard InChI is InChI=1S/C14H28N2O/c1-3-5-11(2)13(10-15)16-8-9-17-14-7-4-6-12(14)16/h11-14H,3-10,15H2,1-2H3. The lowest BCUT2D eigenvalue weighted by Crippen LogP contribution is -2.57. The van der Waals surface area contributed by atoms with Gasteiger partial charge in [0.2, 0.25) is 0 Å². The maximum atomic E-state index is 6.04. The fraction of sp³-hybridized carbons (Fsp3) is 1.00. The monoisotopic (exact) mass is 240 g/mol. The Morgan fingerprint density at radius 3 is 2.94 bits per heavy atom. The van der Waals surface area contributed by atoms with Crippen molar-refractivity contribution in [1.29, 1.82) is 0 Å². The Hall–Kier alpha value is -0.120. The van der Waals surface area contributed by atoms with Gasteiger partial charge < -0.3 is 10.5 Å². The van der Waals surface area contributed by atoms with Crippen LogP contribution < -0.4 is 5.73 Å². The zero-order valence-corrected chi connectivity index (χ0v) is 11.4. The number of nitrogens with zero attached hydrogens (tertiary/aromatic N) is 1. The first-order chi connectivity index (χ1) is 8.27. The van der Waals surface area contributed by atoms with Crippen molar-refractivity contribution in [3.05, 3.63) is 0 Å². The van der Waals surface area contributed by atoms with E-state index in [1.165, 1.54) is 32.1 Å². The molecule has 0 spiro atoms. The third-order valence-corrected chi connectivity index (χ3v) is 4.59. The van der Waals surface area contributed by atoms with E-state index in [1.807, 2.05) is 0 Å². The summed E-state index contributed by atoms with van der Waals surface area (Å²) in [6.07, 6.45) is 6.92. The molecule has 100 valence electrons. The third-order valence-electron chi connectivity index (χ3n) is 4.59. The van der Waals surface area contributed by atoms with Gasteiger partial charge in [0.1, 0.15) is 0 Å². The lowest BCUT2D eigenvalue weighted by molar-refractivity contribution is -0.0782. The molecule has 1 aliphatic carbocycles. The molecular weight excluding hydrogens is 212 g/mol. The van der Waals surface area contributed by atoms with Crippen LogP contribution in [0.2, 0.25) is 0 Å². The van der Waals surface area contributed by atoms with Gasteiger partial charge in [0.15, 0.2) is 0 Å². The normalized spacial score (nSPS) is 33.4. The van der Waals surface area contributed by atoms with E-state index in [9.17, 15) is 0 Å². The van der Waals surface area contributed by atoms with Gasteiger partial charge in [0.25, 0.3) is 0 Å². The van der Waals surface area contributed by atoms with E-state index in [0.29, 0.717) is 24.1 Å². The van der Waals surface area contributed by atoms with E-state index in [2.05, 4.69) is 18.7 Å². The predicted molar refractivity (Wildman–Crippen MR) is 71.0 cm³/mol. The summed E-state index contributed by atoms with van der Waals surface area (Å²) in [6.45, 7) is 7.40. The Kier molecular flexibility index (Phi) is 4.83. The minimum Gasteiger partial charge on any atom is -0.375 e. The summed E-state index contributed by atoms with van der Waals surface area (Å²) in [5, 5.41) is 0. The number of hydrogen-bond acceptors (Lipinski definition) is 3. The van der Waals surface area contributed by atoms with Crippen LogP contribution in [0.15, 0.2) is 0 Å². The molecule has 2 N–H and O–H groups in total. The summed E-state index contributed by atoms with van der Waals surface area (Å²) in [5.74, 6) is 0.712. The molecule has 0 aromatic heterocycles. The number of nitrogens with two attached hydrogens (primary N) is 1. The molecule has 0 aromatic rings. The highest BCUT2D eigenvalue weighted by Crippen LogP contribution is 2.32. The molecule has 0 bridgehead atoms. The molecule has 0 aromatic carbocycles. The summed E-state index contributed by atoms with van der Waals surface area (Å²) in [6, 6.07) is 1.21. The molecule has 0 radical (unpaired) electrons. The zero-order valence-electron chi connectivity index (χ0n) is 11.4. The molecule has 3 heteroatoms. The second-order valence-corrected chi connectivity index (χ2v) is 5.71. The highest BCUT2D eigenvalue weighted by molar-refractivity contribution is 4.93. The van der Waals surface area contributed by atoms with E-state index < -0.39 is 0 Å². The molecule has 1 saturated carbocycles. The first-order valence-corrected chi connectivity index (χ1v) is 7.35. The average molecular weight is 240 g/mol. The second-order valence-electron chi connectivity index (χ2n) is 5.71. The van der Waals surface area contributed by atoms with Crippen LogP contribution in [0.4, 0.5) is 0 Å². The summed E-state index contributed by atoms with van der Waals surface area (Å²) >= 11 is 0. The van der Waals surface area contributed by atoms with Crippen LogP contribution in [-0.2, 0) is 4.74 Å². The molecule has 2 aliphatic rings. The van der Waals surface area contributed by atoms with Gasteiger partial charge in [0, 0.05) is 25.2 Å². The zero-order chi connectivity index (χ0) is 12.3. The Labute approximate surface area is 106 Å². The minimum absolute atomic E-state index is 0.492. The molecular formula is C14H28N2O. The quantitative estimate of drug-likeness (QED) is 0.799. The van der Waals surface area contributed by atoms with Crippen molar-refractivity contribution in [2.75, 3.05) is 19.7 Å². The van der Waals surface area contributed by atoms with Gasteiger partial charge in [-0.2, -0.15) is 0 Å². The van der Waals surface area contributed by atoms with Crippen LogP contribution in [0.5, 0.6) is 0 Å². The molecule has 2 rings (SSSR count). The first-order valence-electron chi connectivity index (χ1n) is 7.35. The Balaban J connectivity index is 2.01. The Bertz CT molecular complexity index is 234. The minimum atomic E-state index is 0.492. The summed E-state index contributed by atoms with van der Waals surface area (Å²) in [7, 11) is 0.